The van der Waals surface area contributed by atoms with E-state index in [1.54, 1.807) is 5.56 Å². The summed E-state index contributed by atoms with van der Waals surface area (Å²) in [5.41, 5.74) is 4.72. The lowest BCUT2D eigenvalue weighted by atomic mass is 9.81. The Balaban J connectivity index is 2.25. The third kappa shape index (κ3) is 3.14. The molecule has 0 bridgehead atoms. The first-order chi connectivity index (χ1) is 8.36. The molecule has 0 N–H and O–H groups in total. The van der Waals surface area contributed by atoms with E-state index in [2.05, 4.69) is 57.8 Å². The average Bonchev–Trinajstić information content (AvgIpc) is 2.28. The molecule has 1 fully saturated rings. The second-order valence-corrected chi connectivity index (χ2v) is 6.96. The molecule has 0 saturated carbocycles. The first kappa shape index (κ1) is 13.6. The van der Waals surface area contributed by atoms with Crippen LogP contribution in [0.15, 0.2) is 18.2 Å². The fraction of sp³-hybridized carbons (Fsp3) is 0.647. The highest BCUT2D eigenvalue weighted by Crippen LogP contribution is 2.32. The minimum absolute atomic E-state index is 0.256. The van der Waals surface area contributed by atoms with Crippen LogP contribution >= 0.6 is 0 Å². The van der Waals surface area contributed by atoms with Crippen molar-refractivity contribution in [2.45, 2.75) is 51.9 Å². The predicted octanol–water partition coefficient (Wildman–Crippen LogP) is 4.10. The lowest BCUT2D eigenvalue weighted by Crippen LogP contribution is -2.29. The summed E-state index contributed by atoms with van der Waals surface area (Å²) in [5.74, 6) is 0.766. The van der Waals surface area contributed by atoms with Gasteiger partial charge in [0.05, 0.1) is 0 Å². The van der Waals surface area contributed by atoms with Crippen LogP contribution in [0.2, 0.25) is 0 Å². The minimum Gasteiger partial charge on any atom is -0.306 e. The lowest BCUT2D eigenvalue weighted by molar-refractivity contribution is 0.255. The van der Waals surface area contributed by atoms with E-state index in [1.807, 2.05) is 0 Å². The molecule has 0 atom stereocenters. The average molecular weight is 245 g/mol. The van der Waals surface area contributed by atoms with Crippen LogP contribution in [0, 0.1) is 6.92 Å². The molecular weight excluding hydrogens is 218 g/mol. The standard InChI is InChI=1S/C17H27N/c1-13-10-15(12-16(11-13)17(2,3)4)14-6-8-18(5)9-7-14/h10-12,14H,6-9H2,1-5H3. The van der Waals surface area contributed by atoms with Gasteiger partial charge >= 0.3 is 0 Å². The summed E-state index contributed by atoms with van der Waals surface area (Å²) >= 11 is 0. The van der Waals surface area contributed by atoms with Gasteiger partial charge in [-0.25, -0.2) is 0 Å². The molecule has 1 aromatic rings. The number of likely N-dealkylation sites (tertiary alicyclic amines) is 1. The second-order valence-electron chi connectivity index (χ2n) is 6.96. The van der Waals surface area contributed by atoms with Crippen LogP contribution in [0.3, 0.4) is 0 Å². The monoisotopic (exact) mass is 245 g/mol. The third-order valence-corrected chi connectivity index (χ3v) is 4.16. The van der Waals surface area contributed by atoms with Crippen LogP contribution < -0.4 is 0 Å². The van der Waals surface area contributed by atoms with Crippen LogP contribution in [0.4, 0.5) is 0 Å². The van der Waals surface area contributed by atoms with Gasteiger partial charge in [0.25, 0.3) is 0 Å². The van der Waals surface area contributed by atoms with Gasteiger partial charge in [0.1, 0.15) is 0 Å². The van der Waals surface area contributed by atoms with Gasteiger partial charge in [-0.3, -0.25) is 0 Å². The molecule has 1 nitrogen and oxygen atoms in total. The molecule has 0 amide bonds. The fourth-order valence-electron chi connectivity index (χ4n) is 2.82. The lowest BCUT2D eigenvalue weighted by Gasteiger charge is -2.30. The number of piperidine rings is 1. The van der Waals surface area contributed by atoms with Crippen molar-refractivity contribution in [2.24, 2.45) is 0 Å². The van der Waals surface area contributed by atoms with Crippen molar-refractivity contribution in [3.8, 4) is 0 Å². The van der Waals surface area contributed by atoms with Crippen molar-refractivity contribution in [2.75, 3.05) is 20.1 Å². The van der Waals surface area contributed by atoms with Gasteiger partial charge < -0.3 is 4.90 Å². The Labute approximate surface area is 112 Å². The van der Waals surface area contributed by atoms with Gasteiger partial charge in [0.15, 0.2) is 0 Å². The molecule has 1 aliphatic rings. The van der Waals surface area contributed by atoms with Gasteiger partial charge in [-0.15, -0.1) is 0 Å². The largest absolute Gasteiger partial charge is 0.306 e. The van der Waals surface area contributed by atoms with Crippen molar-refractivity contribution in [3.05, 3.63) is 34.9 Å². The Morgan fingerprint density at radius 1 is 1.06 bits per heavy atom. The van der Waals surface area contributed by atoms with Gasteiger partial charge in [-0.05, 0) is 62.4 Å². The van der Waals surface area contributed by atoms with Crippen molar-refractivity contribution in [3.63, 3.8) is 0 Å². The quantitative estimate of drug-likeness (QED) is 0.720. The van der Waals surface area contributed by atoms with E-state index in [4.69, 9.17) is 0 Å². The maximum absolute atomic E-state index is 2.45. The number of aryl methyl sites for hydroxylation is 1. The molecule has 1 heteroatoms. The maximum atomic E-state index is 2.45. The SMILES string of the molecule is Cc1cc(C2CCN(C)CC2)cc(C(C)(C)C)c1. The second kappa shape index (κ2) is 5.05. The van der Waals surface area contributed by atoms with E-state index in [0.717, 1.165) is 5.92 Å². The van der Waals surface area contributed by atoms with Gasteiger partial charge in [0.2, 0.25) is 0 Å². The normalized spacial score (nSPS) is 19.2. The first-order valence-electron chi connectivity index (χ1n) is 7.17. The van der Waals surface area contributed by atoms with E-state index < -0.39 is 0 Å². The highest BCUT2D eigenvalue weighted by Gasteiger charge is 2.21. The molecule has 18 heavy (non-hydrogen) atoms. The summed E-state index contributed by atoms with van der Waals surface area (Å²) < 4.78 is 0. The van der Waals surface area contributed by atoms with Gasteiger partial charge in [0, 0.05) is 0 Å². The zero-order valence-electron chi connectivity index (χ0n) is 12.6. The molecule has 1 aromatic carbocycles. The zero-order chi connectivity index (χ0) is 13.3. The summed E-state index contributed by atoms with van der Waals surface area (Å²) in [5, 5.41) is 0. The topological polar surface area (TPSA) is 3.24 Å². The molecule has 100 valence electrons. The van der Waals surface area contributed by atoms with Crippen LogP contribution in [-0.4, -0.2) is 25.0 Å². The molecular formula is C17H27N. The van der Waals surface area contributed by atoms with E-state index in [9.17, 15) is 0 Å². The molecule has 1 aliphatic heterocycles. The van der Waals surface area contributed by atoms with E-state index in [1.165, 1.54) is 37.1 Å². The summed E-state index contributed by atoms with van der Waals surface area (Å²) in [6.07, 6.45) is 2.62. The Bertz CT molecular complexity index is 406. The minimum atomic E-state index is 0.256. The Morgan fingerprint density at radius 2 is 1.67 bits per heavy atom. The van der Waals surface area contributed by atoms with Crippen LogP contribution in [-0.2, 0) is 5.41 Å². The number of hydrogen-bond donors (Lipinski definition) is 0. The summed E-state index contributed by atoms with van der Waals surface area (Å²) in [4.78, 5) is 2.44. The number of rotatable bonds is 1. The van der Waals surface area contributed by atoms with Crippen molar-refractivity contribution >= 4 is 0 Å². The van der Waals surface area contributed by atoms with Gasteiger partial charge in [-0.2, -0.15) is 0 Å². The van der Waals surface area contributed by atoms with Crippen molar-refractivity contribution in [1.29, 1.82) is 0 Å². The maximum Gasteiger partial charge on any atom is -0.00159 e. The molecule has 0 aliphatic carbocycles. The van der Waals surface area contributed by atoms with Crippen molar-refractivity contribution < 1.29 is 0 Å². The van der Waals surface area contributed by atoms with E-state index in [0.29, 0.717) is 0 Å². The Morgan fingerprint density at radius 3 is 2.22 bits per heavy atom. The number of nitrogens with zero attached hydrogens (tertiary/aromatic N) is 1. The van der Waals surface area contributed by atoms with Crippen LogP contribution in [0.25, 0.3) is 0 Å². The highest BCUT2D eigenvalue weighted by molar-refractivity contribution is 5.35. The van der Waals surface area contributed by atoms with Gasteiger partial charge in [-0.1, -0.05) is 44.5 Å². The smallest absolute Gasteiger partial charge is 0.00159 e. The van der Waals surface area contributed by atoms with E-state index in [-0.39, 0.29) is 5.41 Å². The molecule has 1 heterocycles. The molecule has 0 unspecified atom stereocenters. The number of hydrogen-bond acceptors (Lipinski definition) is 1. The predicted molar refractivity (Wildman–Crippen MR) is 79.4 cm³/mol. The highest BCUT2D eigenvalue weighted by atomic mass is 15.1. The summed E-state index contributed by atoms with van der Waals surface area (Å²) in [7, 11) is 2.23. The fourth-order valence-corrected chi connectivity index (χ4v) is 2.82. The molecule has 2 rings (SSSR count). The number of benzene rings is 1. The molecule has 0 aromatic heterocycles. The van der Waals surface area contributed by atoms with Crippen LogP contribution in [0.1, 0.15) is 56.2 Å². The summed E-state index contributed by atoms with van der Waals surface area (Å²) in [6, 6.07) is 7.19. The zero-order valence-corrected chi connectivity index (χ0v) is 12.6. The van der Waals surface area contributed by atoms with E-state index >= 15 is 0 Å². The third-order valence-electron chi connectivity index (χ3n) is 4.16. The molecule has 0 spiro atoms. The Kier molecular flexibility index (Phi) is 3.82. The first-order valence-corrected chi connectivity index (χ1v) is 7.17. The molecule has 0 radical (unpaired) electrons. The van der Waals surface area contributed by atoms with Crippen molar-refractivity contribution in [1.82, 2.24) is 4.90 Å². The Hall–Kier alpha value is -0.820. The molecule has 1 saturated heterocycles. The van der Waals surface area contributed by atoms with Crippen LogP contribution in [0.5, 0.6) is 0 Å². The summed E-state index contributed by atoms with van der Waals surface area (Å²) in [6.45, 7) is 11.6.